The summed E-state index contributed by atoms with van der Waals surface area (Å²) in [5, 5.41) is 11.2. The summed E-state index contributed by atoms with van der Waals surface area (Å²) < 4.78 is 0. The van der Waals surface area contributed by atoms with E-state index in [0.29, 0.717) is 6.54 Å². The van der Waals surface area contributed by atoms with Gasteiger partial charge in [0.25, 0.3) is 0 Å². The van der Waals surface area contributed by atoms with Gasteiger partial charge in [-0.3, -0.25) is 4.90 Å². The predicted molar refractivity (Wildman–Crippen MR) is 99.3 cm³/mol. The lowest BCUT2D eigenvalue weighted by atomic mass is 9.71. The van der Waals surface area contributed by atoms with Crippen LogP contribution in [-0.4, -0.2) is 60.8 Å². The highest BCUT2D eigenvalue weighted by Gasteiger charge is 2.37. The van der Waals surface area contributed by atoms with Crippen molar-refractivity contribution >= 4 is 0 Å². The molecule has 0 saturated carbocycles. The average molecular weight is 324 g/mol. The SMILES string of the molecule is CN1CCN(CC(O)C(C)(c2ccccc2)c2ccccc2)CC1. The molecule has 3 nitrogen and oxygen atoms in total. The zero-order chi connectivity index (χ0) is 17.0. The minimum Gasteiger partial charge on any atom is -0.391 e. The molecule has 0 radical (unpaired) electrons. The maximum atomic E-state index is 11.2. The lowest BCUT2D eigenvalue weighted by Gasteiger charge is -2.40. The molecule has 1 N–H and O–H groups in total. The van der Waals surface area contributed by atoms with Gasteiger partial charge in [-0.05, 0) is 25.1 Å². The van der Waals surface area contributed by atoms with Gasteiger partial charge in [0.1, 0.15) is 0 Å². The van der Waals surface area contributed by atoms with Crippen LogP contribution in [0.2, 0.25) is 0 Å². The van der Waals surface area contributed by atoms with Crippen molar-refractivity contribution < 1.29 is 5.11 Å². The first kappa shape index (κ1) is 17.2. The van der Waals surface area contributed by atoms with Crippen molar-refractivity contribution in [1.29, 1.82) is 0 Å². The largest absolute Gasteiger partial charge is 0.391 e. The van der Waals surface area contributed by atoms with Crippen molar-refractivity contribution in [2.45, 2.75) is 18.4 Å². The number of hydrogen-bond acceptors (Lipinski definition) is 3. The van der Waals surface area contributed by atoms with Crippen LogP contribution in [0.1, 0.15) is 18.1 Å². The van der Waals surface area contributed by atoms with Crippen LogP contribution in [0.5, 0.6) is 0 Å². The monoisotopic (exact) mass is 324 g/mol. The average Bonchev–Trinajstić information content (AvgIpc) is 2.64. The van der Waals surface area contributed by atoms with Gasteiger partial charge < -0.3 is 10.0 Å². The second-order valence-electron chi connectivity index (χ2n) is 7.05. The van der Waals surface area contributed by atoms with Gasteiger partial charge in [-0.15, -0.1) is 0 Å². The van der Waals surface area contributed by atoms with E-state index in [1.54, 1.807) is 0 Å². The number of likely N-dealkylation sites (N-methyl/N-ethyl adjacent to an activating group) is 1. The van der Waals surface area contributed by atoms with E-state index in [1.165, 1.54) is 0 Å². The van der Waals surface area contributed by atoms with Gasteiger partial charge in [-0.25, -0.2) is 0 Å². The Morgan fingerprint density at radius 1 is 0.875 bits per heavy atom. The number of benzene rings is 2. The lowest BCUT2D eigenvalue weighted by molar-refractivity contribution is 0.0468. The topological polar surface area (TPSA) is 26.7 Å². The number of rotatable bonds is 5. The summed E-state index contributed by atoms with van der Waals surface area (Å²) in [5.74, 6) is 0. The van der Waals surface area contributed by atoms with Crippen LogP contribution in [0, 0.1) is 0 Å². The maximum Gasteiger partial charge on any atom is 0.0801 e. The highest BCUT2D eigenvalue weighted by molar-refractivity contribution is 5.40. The van der Waals surface area contributed by atoms with E-state index in [-0.39, 0.29) is 0 Å². The van der Waals surface area contributed by atoms with Crippen LogP contribution in [0.25, 0.3) is 0 Å². The summed E-state index contributed by atoms with van der Waals surface area (Å²) in [6.07, 6.45) is -0.453. The molecule has 0 bridgehead atoms. The van der Waals surface area contributed by atoms with Crippen LogP contribution in [0.4, 0.5) is 0 Å². The molecule has 0 spiro atoms. The minimum atomic E-state index is -0.453. The van der Waals surface area contributed by atoms with Crippen molar-refractivity contribution in [1.82, 2.24) is 9.80 Å². The van der Waals surface area contributed by atoms with E-state index >= 15 is 0 Å². The minimum absolute atomic E-state index is 0.411. The molecule has 1 fully saturated rings. The second-order valence-corrected chi connectivity index (χ2v) is 7.05. The third-order valence-corrected chi connectivity index (χ3v) is 5.44. The molecular formula is C21H28N2O. The zero-order valence-electron chi connectivity index (χ0n) is 14.7. The third kappa shape index (κ3) is 3.54. The molecule has 2 aromatic carbocycles. The fraction of sp³-hybridized carbons (Fsp3) is 0.429. The number of piperazine rings is 1. The summed E-state index contributed by atoms with van der Waals surface area (Å²) in [7, 11) is 2.16. The molecule has 1 saturated heterocycles. The number of β-amino-alcohol motifs (C(OH)–C–C–N with tert-alkyl or cyclic N) is 1. The van der Waals surface area contributed by atoms with Crippen LogP contribution >= 0.6 is 0 Å². The Morgan fingerprint density at radius 3 is 1.79 bits per heavy atom. The maximum absolute atomic E-state index is 11.2. The van der Waals surface area contributed by atoms with Crippen LogP contribution in [0.15, 0.2) is 60.7 Å². The van der Waals surface area contributed by atoms with E-state index in [1.807, 2.05) is 12.1 Å². The first-order valence-corrected chi connectivity index (χ1v) is 8.80. The quantitative estimate of drug-likeness (QED) is 0.916. The van der Waals surface area contributed by atoms with Gasteiger partial charge in [-0.1, -0.05) is 60.7 Å². The normalized spacial score (nSPS) is 18.5. The highest BCUT2D eigenvalue weighted by atomic mass is 16.3. The standard InChI is InChI=1S/C21H28N2O/c1-21(18-9-5-3-6-10-18,19-11-7-4-8-12-19)20(24)17-23-15-13-22(2)14-16-23/h3-12,20,24H,13-17H2,1-2H3. The second kappa shape index (κ2) is 7.47. The molecule has 0 amide bonds. The molecule has 3 heteroatoms. The van der Waals surface area contributed by atoms with E-state index in [0.717, 1.165) is 37.3 Å². The highest BCUT2D eigenvalue weighted by Crippen LogP contribution is 2.35. The number of aliphatic hydroxyl groups is 1. The van der Waals surface area contributed by atoms with E-state index in [9.17, 15) is 5.11 Å². The Morgan fingerprint density at radius 2 is 1.33 bits per heavy atom. The van der Waals surface area contributed by atoms with E-state index in [4.69, 9.17) is 0 Å². The zero-order valence-corrected chi connectivity index (χ0v) is 14.7. The Bertz CT molecular complexity index is 581. The molecule has 128 valence electrons. The van der Waals surface area contributed by atoms with Crippen molar-refractivity contribution in [3.63, 3.8) is 0 Å². The van der Waals surface area contributed by atoms with Gasteiger partial charge in [0, 0.05) is 38.1 Å². The summed E-state index contributed by atoms with van der Waals surface area (Å²) in [4.78, 5) is 4.73. The molecular weight excluding hydrogens is 296 g/mol. The fourth-order valence-corrected chi connectivity index (χ4v) is 3.58. The third-order valence-electron chi connectivity index (χ3n) is 5.44. The number of hydrogen-bond donors (Lipinski definition) is 1. The van der Waals surface area contributed by atoms with Crippen molar-refractivity contribution in [2.24, 2.45) is 0 Å². The van der Waals surface area contributed by atoms with Gasteiger partial charge in [0.2, 0.25) is 0 Å². The van der Waals surface area contributed by atoms with Crippen LogP contribution in [0.3, 0.4) is 0 Å². The van der Waals surface area contributed by atoms with Crippen LogP contribution < -0.4 is 0 Å². The summed E-state index contributed by atoms with van der Waals surface area (Å²) in [6, 6.07) is 20.8. The first-order chi connectivity index (χ1) is 11.6. The summed E-state index contributed by atoms with van der Waals surface area (Å²) >= 11 is 0. The Labute approximate surface area is 145 Å². The summed E-state index contributed by atoms with van der Waals surface area (Å²) in [6.45, 7) is 7.05. The van der Waals surface area contributed by atoms with Crippen LogP contribution in [-0.2, 0) is 5.41 Å². The summed E-state index contributed by atoms with van der Waals surface area (Å²) in [5.41, 5.74) is 1.92. The molecule has 0 aliphatic carbocycles. The molecule has 1 aliphatic rings. The molecule has 1 unspecified atom stereocenters. The molecule has 3 rings (SSSR count). The van der Waals surface area contributed by atoms with E-state index in [2.05, 4.69) is 72.3 Å². The van der Waals surface area contributed by atoms with Gasteiger partial charge in [0.15, 0.2) is 0 Å². The molecule has 0 aromatic heterocycles. The number of nitrogens with zero attached hydrogens (tertiary/aromatic N) is 2. The Kier molecular flexibility index (Phi) is 5.34. The first-order valence-electron chi connectivity index (χ1n) is 8.80. The van der Waals surface area contributed by atoms with E-state index < -0.39 is 11.5 Å². The number of aliphatic hydroxyl groups excluding tert-OH is 1. The van der Waals surface area contributed by atoms with Crippen molar-refractivity contribution in [2.75, 3.05) is 39.8 Å². The van der Waals surface area contributed by atoms with Gasteiger partial charge in [0.05, 0.1) is 6.10 Å². The molecule has 1 heterocycles. The molecule has 2 aromatic rings. The Hall–Kier alpha value is -1.68. The van der Waals surface area contributed by atoms with Crippen molar-refractivity contribution in [3.8, 4) is 0 Å². The molecule has 1 atom stereocenters. The van der Waals surface area contributed by atoms with Gasteiger partial charge in [-0.2, -0.15) is 0 Å². The Balaban J connectivity index is 1.87. The predicted octanol–water partition coefficient (Wildman–Crippen LogP) is 2.60. The molecule has 24 heavy (non-hydrogen) atoms. The lowest BCUT2D eigenvalue weighted by Crippen LogP contribution is -2.51. The smallest absolute Gasteiger partial charge is 0.0801 e. The molecule has 1 aliphatic heterocycles. The fourth-order valence-electron chi connectivity index (χ4n) is 3.58. The van der Waals surface area contributed by atoms with Gasteiger partial charge >= 0.3 is 0 Å². The van der Waals surface area contributed by atoms with Crippen molar-refractivity contribution in [3.05, 3.63) is 71.8 Å².